The molecule has 2 heterocycles. The molecular weight excluding hydrogens is 270 g/mol. The molecule has 2 rings (SSSR count). The third-order valence-corrected chi connectivity index (χ3v) is 3.91. The Kier molecular flexibility index (Phi) is 5.46. The van der Waals surface area contributed by atoms with Crippen LogP contribution >= 0.6 is 0 Å². The maximum atomic E-state index is 10.7. The molecule has 1 saturated heterocycles. The molecule has 0 radical (unpaired) electrons. The Bertz CT molecular complexity index is 457. The second-order valence-corrected chi connectivity index (χ2v) is 5.51. The summed E-state index contributed by atoms with van der Waals surface area (Å²) in [5, 5.41) is 19.4. The Morgan fingerprint density at radius 2 is 2.05 bits per heavy atom. The molecule has 0 aromatic carbocycles. The number of carboxylic acids is 1. The number of rotatable bonds is 6. The lowest BCUT2D eigenvalue weighted by Gasteiger charge is -2.36. The van der Waals surface area contributed by atoms with Crippen LogP contribution in [0.3, 0.4) is 0 Å². The highest BCUT2D eigenvalue weighted by Crippen LogP contribution is 2.09. The third kappa shape index (κ3) is 4.64. The molecule has 0 amide bonds. The maximum Gasteiger partial charge on any atom is 0.356 e. The van der Waals surface area contributed by atoms with Gasteiger partial charge < -0.3 is 15.3 Å². The summed E-state index contributed by atoms with van der Waals surface area (Å²) in [7, 11) is 2.16. The Balaban J connectivity index is 1.72. The molecule has 0 saturated carbocycles. The van der Waals surface area contributed by atoms with Crippen LogP contribution in [0.1, 0.15) is 23.8 Å². The van der Waals surface area contributed by atoms with Gasteiger partial charge in [0.1, 0.15) is 5.82 Å². The van der Waals surface area contributed by atoms with E-state index in [1.54, 1.807) is 6.07 Å². The fourth-order valence-corrected chi connectivity index (χ4v) is 2.40. The lowest BCUT2D eigenvalue weighted by Crippen LogP contribution is -2.48. The number of carbonyl (C=O) groups is 1. The number of carboxylic acid groups (broad SMARTS) is 1. The summed E-state index contributed by atoms with van der Waals surface area (Å²) >= 11 is 0. The second-order valence-electron chi connectivity index (χ2n) is 5.51. The zero-order valence-electron chi connectivity index (χ0n) is 12.6. The predicted octanol–water partition coefficient (Wildman–Crippen LogP) is 0.613. The molecule has 0 aliphatic carbocycles. The minimum absolute atomic E-state index is 0.0358. The Morgan fingerprint density at radius 3 is 2.62 bits per heavy atom. The molecule has 7 heteroatoms. The lowest BCUT2D eigenvalue weighted by molar-refractivity contribution is 0.0689. The molecular formula is C14H23N5O2. The third-order valence-electron chi connectivity index (χ3n) is 3.91. The van der Waals surface area contributed by atoms with Gasteiger partial charge in [0.2, 0.25) is 0 Å². The first-order valence-corrected chi connectivity index (χ1v) is 7.30. The summed E-state index contributed by atoms with van der Waals surface area (Å²) in [5.74, 6) is -0.441. The van der Waals surface area contributed by atoms with Gasteiger partial charge in [0.25, 0.3) is 0 Å². The molecule has 1 aromatic rings. The van der Waals surface area contributed by atoms with Crippen LogP contribution in [0, 0.1) is 0 Å². The maximum absolute atomic E-state index is 10.7. The first kappa shape index (κ1) is 15.7. The molecule has 7 nitrogen and oxygen atoms in total. The summed E-state index contributed by atoms with van der Waals surface area (Å²) in [5.41, 5.74) is -0.0358. The van der Waals surface area contributed by atoms with Crippen LogP contribution in [-0.2, 0) is 0 Å². The van der Waals surface area contributed by atoms with E-state index in [0.717, 1.165) is 39.1 Å². The highest BCUT2D eigenvalue weighted by Gasteiger charge is 2.18. The molecule has 116 valence electrons. The molecule has 1 unspecified atom stereocenters. The second kappa shape index (κ2) is 7.33. The van der Waals surface area contributed by atoms with Gasteiger partial charge in [-0.15, -0.1) is 10.2 Å². The van der Waals surface area contributed by atoms with Gasteiger partial charge in [-0.25, -0.2) is 4.79 Å². The molecule has 2 N–H and O–H groups in total. The van der Waals surface area contributed by atoms with Gasteiger partial charge in [-0.2, -0.15) is 0 Å². The number of piperazine rings is 1. The quantitative estimate of drug-likeness (QED) is 0.795. The molecule has 1 aromatic heterocycles. The van der Waals surface area contributed by atoms with Crippen LogP contribution < -0.4 is 5.32 Å². The summed E-state index contributed by atoms with van der Waals surface area (Å²) in [6.45, 7) is 7.52. The van der Waals surface area contributed by atoms with Crippen LogP contribution in [-0.4, -0.2) is 76.9 Å². The van der Waals surface area contributed by atoms with Crippen molar-refractivity contribution in [2.24, 2.45) is 0 Å². The molecule has 0 bridgehead atoms. The van der Waals surface area contributed by atoms with Crippen molar-refractivity contribution in [3.05, 3.63) is 17.8 Å². The van der Waals surface area contributed by atoms with Crippen molar-refractivity contribution in [2.45, 2.75) is 19.4 Å². The van der Waals surface area contributed by atoms with E-state index < -0.39 is 5.97 Å². The van der Waals surface area contributed by atoms with Crippen LogP contribution in [0.25, 0.3) is 0 Å². The minimum atomic E-state index is -1.06. The van der Waals surface area contributed by atoms with Crippen LogP contribution in [0.2, 0.25) is 0 Å². The summed E-state index contributed by atoms with van der Waals surface area (Å²) in [6.07, 6.45) is 1.02. The van der Waals surface area contributed by atoms with Gasteiger partial charge in [0.15, 0.2) is 5.69 Å². The van der Waals surface area contributed by atoms with Crippen molar-refractivity contribution in [1.29, 1.82) is 0 Å². The van der Waals surface area contributed by atoms with Gasteiger partial charge in [0.05, 0.1) is 0 Å². The van der Waals surface area contributed by atoms with Crippen molar-refractivity contribution in [3.8, 4) is 0 Å². The topological polar surface area (TPSA) is 81.6 Å². The summed E-state index contributed by atoms with van der Waals surface area (Å²) in [6, 6.07) is 3.64. The monoisotopic (exact) mass is 293 g/mol. The van der Waals surface area contributed by atoms with Crippen molar-refractivity contribution in [1.82, 2.24) is 20.0 Å². The Morgan fingerprint density at radius 1 is 1.33 bits per heavy atom. The first-order chi connectivity index (χ1) is 10.1. The van der Waals surface area contributed by atoms with Crippen molar-refractivity contribution in [2.75, 3.05) is 45.1 Å². The normalized spacial score (nSPS) is 18.4. The SMILES string of the molecule is CC(CCNc1ccc(C(=O)O)nn1)N1CCN(C)CC1. The zero-order chi connectivity index (χ0) is 15.2. The van der Waals surface area contributed by atoms with Crippen LogP contribution in [0.15, 0.2) is 12.1 Å². The van der Waals surface area contributed by atoms with E-state index in [4.69, 9.17) is 5.11 Å². The highest BCUT2D eigenvalue weighted by atomic mass is 16.4. The molecule has 1 aliphatic rings. The summed E-state index contributed by atoms with van der Waals surface area (Å²) in [4.78, 5) is 15.5. The molecule has 1 fully saturated rings. The average molecular weight is 293 g/mol. The summed E-state index contributed by atoms with van der Waals surface area (Å²) < 4.78 is 0. The van der Waals surface area contributed by atoms with Gasteiger partial charge in [-0.1, -0.05) is 0 Å². The van der Waals surface area contributed by atoms with Gasteiger partial charge in [-0.3, -0.25) is 4.90 Å². The number of hydrogen-bond acceptors (Lipinski definition) is 6. The lowest BCUT2D eigenvalue weighted by atomic mass is 10.1. The van der Waals surface area contributed by atoms with E-state index in [1.165, 1.54) is 6.07 Å². The van der Waals surface area contributed by atoms with Crippen molar-refractivity contribution < 1.29 is 9.90 Å². The highest BCUT2D eigenvalue weighted by molar-refractivity contribution is 5.85. The number of likely N-dealkylation sites (N-methyl/N-ethyl adjacent to an activating group) is 1. The molecule has 21 heavy (non-hydrogen) atoms. The number of nitrogens with zero attached hydrogens (tertiary/aromatic N) is 4. The molecule has 1 aliphatic heterocycles. The van der Waals surface area contributed by atoms with Crippen molar-refractivity contribution in [3.63, 3.8) is 0 Å². The fraction of sp³-hybridized carbons (Fsp3) is 0.643. The van der Waals surface area contributed by atoms with Gasteiger partial charge >= 0.3 is 5.97 Å². The van der Waals surface area contributed by atoms with E-state index in [0.29, 0.717) is 11.9 Å². The Hall–Kier alpha value is -1.73. The molecule has 1 atom stereocenters. The number of hydrogen-bond donors (Lipinski definition) is 2. The Labute approximate surface area is 125 Å². The van der Waals surface area contributed by atoms with Crippen LogP contribution in [0.4, 0.5) is 5.82 Å². The predicted molar refractivity (Wildman–Crippen MR) is 80.6 cm³/mol. The number of aromatic carboxylic acids is 1. The van der Waals surface area contributed by atoms with E-state index >= 15 is 0 Å². The van der Waals surface area contributed by atoms with Gasteiger partial charge in [-0.05, 0) is 32.5 Å². The van der Waals surface area contributed by atoms with Crippen LogP contribution in [0.5, 0.6) is 0 Å². The number of aromatic nitrogens is 2. The zero-order valence-corrected chi connectivity index (χ0v) is 12.6. The standard InChI is InChI=1S/C14H23N5O2/c1-11(19-9-7-18(2)8-10-19)5-6-15-13-4-3-12(14(20)21)16-17-13/h3-4,11H,5-10H2,1-2H3,(H,15,17)(H,20,21). The number of nitrogens with one attached hydrogen (secondary N) is 1. The van der Waals surface area contributed by atoms with E-state index in [2.05, 4.69) is 39.3 Å². The van der Waals surface area contributed by atoms with E-state index in [-0.39, 0.29) is 5.69 Å². The van der Waals surface area contributed by atoms with Gasteiger partial charge in [0, 0.05) is 38.8 Å². The average Bonchev–Trinajstić information content (AvgIpc) is 2.48. The largest absolute Gasteiger partial charge is 0.476 e. The fourth-order valence-electron chi connectivity index (χ4n) is 2.40. The molecule has 0 spiro atoms. The van der Waals surface area contributed by atoms with E-state index in [1.807, 2.05) is 0 Å². The minimum Gasteiger partial charge on any atom is -0.476 e. The van der Waals surface area contributed by atoms with Crippen molar-refractivity contribution >= 4 is 11.8 Å². The smallest absolute Gasteiger partial charge is 0.356 e. The van der Waals surface area contributed by atoms with E-state index in [9.17, 15) is 4.79 Å². The first-order valence-electron chi connectivity index (χ1n) is 7.30. The number of anilines is 1.